The van der Waals surface area contributed by atoms with Crippen molar-refractivity contribution < 1.29 is 0 Å². The van der Waals surface area contributed by atoms with E-state index in [2.05, 4.69) is 154 Å². The SMILES string of the molecule is Ic1c(-c2ccccc2)c2nc(c(-c3ccccc3)c3nc(c(-c4ccccc4)c4ccc([nH]4)c4ccc1[nH]4)C=C3)C=C2. The molecule has 0 radical (unpaired) electrons. The Balaban J connectivity index is 1.56. The van der Waals surface area contributed by atoms with Gasteiger partial charge < -0.3 is 9.97 Å². The molecular formula is C38H25IN4. The fourth-order valence-corrected chi connectivity index (χ4v) is 6.77. The third kappa shape index (κ3) is 4.62. The number of aromatic nitrogens is 4. The Kier molecular flexibility index (Phi) is 6.38. The first-order chi connectivity index (χ1) is 21.2. The zero-order valence-corrected chi connectivity index (χ0v) is 25.2. The van der Waals surface area contributed by atoms with E-state index in [-0.39, 0.29) is 0 Å². The first kappa shape index (κ1) is 25.7. The molecule has 2 aliphatic rings. The zero-order valence-electron chi connectivity index (χ0n) is 23.1. The summed E-state index contributed by atoms with van der Waals surface area (Å²) in [6.07, 6.45) is 8.48. The number of hydrogen-bond acceptors (Lipinski definition) is 2. The van der Waals surface area contributed by atoms with Gasteiger partial charge in [-0.3, -0.25) is 0 Å². The van der Waals surface area contributed by atoms with Crippen LogP contribution in [0.25, 0.3) is 79.8 Å². The molecule has 5 heteroatoms. The molecule has 0 fully saturated rings. The maximum absolute atomic E-state index is 5.29. The lowest BCUT2D eigenvalue weighted by Crippen LogP contribution is -1.91. The van der Waals surface area contributed by atoms with E-state index in [4.69, 9.17) is 9.97 Å². The van der Waals surface area contributed by atoms with Crippen molar-refractivity contribution in [1.82, 2.24) is 19.9 Å². The predicted molar refractivity (Wildman–Crippen MR) is 188 cm³/mol. The maximum atomic E-state index is 5.29. The van der Waals surface area contributed by atoms with Gasteiger partial charge in [-0.15, -0.1) is 0 Å². The number of benzene rings is 3. The van der Waals surface area contributed by atoms with Crippen molar-refractivity contribution in [2.45, 2.75) is 0 Å². The third-order valence-corrected chi connectivity index (χ3v) is 9.00. The summed E-state index contributed by atoms with van der Waals surface area (Å²) in [7, 11) is 0. The quantitative estimate of drug-likeness (QED) is 0.185. The zero-order chi connectivity index (χ0) is 28.8. The molecule has 0 saturated heterocycles. The van der Waals surface area contributed by atoms with Crippen LogP contribution in [0.5, 0.6) is 0 Å². The van der Waals surface area contributed by atoms with Crippen molar-refractivity contribution in [3.8, 4) is 33.4 Å². The molecule has 3 aromatic carbocycles. The molecule has 4 nitrogen and oxygen atoms in total. The van der Waals surface area contributed by atoms with E-state index in [0.29, 0.717) is 0 Å². The van der Waals surface area contributed by atoms with Crippen LogP contribution in [0.2, 0.25) is 0 Å². The molecular weight excluding hydrogens is 639 g/mol. The third-order valence-electron chi connectivity index (χ3n) is 7.88. The molecule has 8 rings (SSSR count). The van der Waals surface area contributed by atoms with E-state index in [1.807, 2.05) is 18.2 Å². The maximum Gasteiger partial charge on any atom is 0.0738 e. The van der Waals surface area contributed by atoms with Crippen LogP contribution in [0.3, 0.4) is 0 Å². The van der Waals surface area contributed by atoms with Crippen LogP contribution in [0.15, 0.2) is 115 Å². The van der Waals surface area contributed by atoms with Gasteiger partial charge in [-0.1, -0.05) is 91.0 Å². The van der Waals surface area contributed by atoms with Crippen LogP contribution < -0.4 is 0 Å². The number of nitrogens with zero attached hydrogens (tertiary/aromatic N) is 2. The van der Waals surface area contributed by atoms with Crippen molar-refractivity contribution in [2.24, 2.45) is 0 Å². The van der Waals surface area contributed by atoms with Crippen molar-refractivity contribution in [2.75, 3.05) is 0 Å². The summed E-state index contributed by atoms with van der Waals surface area (Å²) in [5.41, 5.74) is 14.2. The normalized spacial score (nSPS) is 12.1. The smallest absolute Gasteiger partial charge is 0.0738 e. The number of H-pyrrole nitrogens is 2. The lowest BCUT2D eigenvalue weighted by Gasteiger charge is -2.07. The summed E-state index contributed by atoms with van der Waals surface area (Å²) in [6.45, 7) is 0. The van der Waals surface area contributed by atoms with Crippen molar-refractivity contribution >= 4 is 69.0 Å². The van der Waals surface area contributed by atoms with Crippen LogP contribution in [0, 0.1) is 3.57 Å². The average Bonchev–Trinajstić information content (AvgIpc) is 3.88. The molecule has 0 saturated carbocycles. The van der Waals surface area contributed by atoms with Gasteiger partial charge in [0.05, 0.1) is 39.3 Å². The van der Waals surface area contributed by atoms with Gasteiger partial charge in [-0.25, -0.2) is 9.97 Å². The van der Waals surface area contributed by atoms with E-state index in [1.165, 1.54) is 0 Å². The molecule has 3 aromatic heterocycles. The van der Waals surface area contributed by atoms with E-state index >= 15 is 0 Å². The molecule has 8 bridgehead atoms. The molecule has 5 heterocycles. The average molecular weight is 665 g/mol. The van der Waals surface area contributed by atoms with E-state index in [0.717, 1.165) is 81.8 Å². The highest BCUT2D eigenvalue weighted by atomic mass is 127. The molecule has 2 N–H and O–H groups in total. The topological polar surface area (TPSA) is 57.4 Å². The van der Waals surface area contributed by atoms with Crippen LogP contribution in [0.1, 0.15) is 22.8 Å². The fraction of sp³-hybridized carbons (Fsp3) is 0. The van der Waals surface area contributed by atoms with Gasteiger partial charge in [0.1, 0.15) is 0 Å². The predicted octanol–water partition coefficient (Wildman–Crippen LogP) is 10.3. The highest BCUT2D eigenvalue weighted by Gasteiger charge is 2.19. The monoisotopic (exact) mass is 664 g/mol. The van der Waals surface area contributed by atoms with Gasteiger partial charge >= 0.3 is 0 Å². The largest absolute Gasteiger partial charge is 0.353 e. The number of rotatable bonds is 3. The summed E-state index contributed by atoms with van der Waals surface area (Å²) in [4.78, 5) is 17.9. The molecule has 6 aromatic rings. The van der Waals surface area contributed by atoms with Gasteiger partial charge in [-0.05, 0) is 87.9 Å². The number of fused-ring (bicyclic) bond motifs is 9. The Labute approximate surface area is 262 Å². The van der Waals surface area contributed by atoms with Gasteiger partial charge in [0.15, 0.2) is 0 Å². The molecule has 2 aliphatic heterocycles. The Morgan fingerprint density at radius 2 is 0.744 bits per heavy atom. The summed E-state index contributed by atoms with van der Waals surface area (Å²) < 4.78 is 1.10. The molecule has 43 heavy (non-hydrogen) atoms. The molecule has 0 amide bonds. The second-order valence-electron chi connectivity index (χ2n) is 10.5. The fourth-order valence-electron chi connectivity index (χ4n) is 5.86. The molecule has 0 spiro atoms. The van der Waals surface area contributed by atoms with Crippen molar-refractivity contribution in [3.05, 3.63) is 142 Å². The summed E-state index contributed by atoms with van der Waals surface area (Å²) >= 11 is 2.46. The molecule has 0 unspecified atom stereocenters. The van der Waals surface area contributed by atoms with Crippen molar-refractivity contribution in [3.63, 3.8) is 0 Å². The Morgan fingerprint density at radius 3 is 1.28 bits per heavy atom. The lowest BCUT2D eigenvalue weighted by molar-refractivity contribution is 1.27. The van der Waals surface area contributed by atoms with E-state index < -0.39 is 0 Å². The second kappa shape index (κ2) is 10.7. The highest BCUT2D eigenvalue weighted by molar-refractivity contribution is 14.1. The molecule has 0 atom stereocenters. The summed E-state index contributed by atoms with van der Waals surface area (Å²) in [5.74, 6) is 0. The van der Waals surface area contributed by atoms with Crippen LogP contribution >= 0.6 is 22.6 Å². The van der Waals surface area contributed by atoms with E-state index in [1.54, 1.807) is 0 Å². The number of nitrogens with one attached hydrogen (secondary N) is 2. The van der Waals surface area contributed by atoms with Crippen LogP contribution in [-0.4, -0.2) is 19.9 Å². The van der Waals surface area contributed by atoms with Crippen LogP contribution in [0.4, 0.5) is 0 Å². The van der Waals surface area contributed by atoms with Gasteiger partial charge in [0.2, 0.25) is 0 Å². The van der Waals surface area contributed by atoms with Gasteiger partial charge in [-0.2, -0.15) is 0 Å². The first-order valence-corrected chi connectivity index (χ1v) is 15.3. The number of aromatic amines is 2. The van der Waals surface area contributed by atoms with Gasteiger partial charge in [0.25, 0.3) is 0 Å². The Morgan fingerprint density at radius 1 is 0.372 bits per heavy atom. The van der Waals surface area contributed by atoms with Crippen molar-refractivity contribution in [1.29, 1.82) is 0 Å². The number of hydrogen-bond donors (Lipinski definition) is 2. The van der Waals surface area contributed by atoms with Gasteiger partial charge in [0, 0.05) is 25.8 Å². The highest BCUT2D eigenvalue weighted by Crippen LogP contribution is 2.37. The standard InChI is InChI=1S/C38H25IN4/c39-38-34-23-17-28(41-34)27-16-18-29(40-27)35(24-10-4-1-5-11-24)30-19-20-31(42-30)36(25-12-6-2-7-13-25)32-21-22-33(43-32)37(38)26-14-8-3-9-15-26/h1-23,40-41H. The van der Waals surface area contributed by atoms with Crippen LogP contribution in [-0.2, 0) is 0 Å². The summed E-state index contributed by atoms with van der Waals surface area (Å²) in [5, 5.41) is 0. The minimum absolute atomic E-state index is 0.894. The van der Waals surface area contributed by atoms with E-state index in [9.17, 15) is 0 Å². The molecule has 204 valence electrons. The number of halogens is 1. The Bertz CT molecular complexity index is 2230. The second-order valence-corrected chi connectivity index (χ2v) is 11.6. The molecule has 0 aliphatic carbocycles. The minimum Gasteiger partial charge on any atom is -0.353 e. The summed E-state index contributed by atoms with van der Waals surface area (Å²) in [6, 6.07) is 40.0. The minimum atomic E-state index is 0.894. The first-order valence-electron chi connectivity index (χ1n) is 14.2. The lowest BCUT2D eigenvalue weighted by atomic mass is 10.0. The Hall–Kier alpha value is -5.01.